The molecule has 14 heavy (non-hydrogen) atoms. The number of nitrogens with two attached hydrogens (primary N) is 1. The molecule has 1 heterocycles. The highest BCUT2D eigenvalue weighted by Crippen LogP contribution is 2.32. The molecule has 0 amide bonds. The maximum Gasteiger partial charge on any atom is 0.231 e. The van der Waals surface area contributed by atoms with Crippen molar-refractivity contribution in [2.75, 3.05) is 6.79 Å². The fourth-order valence-electron chi connectivity index (χ4n) is 1.20. The van der Waals surface area contributed by atoms with E-state index in [0.29, 0.717) is 4.99 Å². The van der Waals surface area contributed by atoms with Crippen LogP contribution in [0.3, 0.4) is 0 Å². The van der Waals surface area contributed by atoms with Crippen LogP contribution in [0.2, 0.25) is 0 Å². The maximum atomic E-state index is 5.34. The molecule has 1 aromatic carbocycles. The van der Waals surface area contributed by atoms with Crippen molar-refractivity contribution >= 4 is 23.3 Å². The van der Waals surface area contributed by atoms with Crippen LogP contribution in [-0.2, 0) is 0 Å². The number of benzene rings is 1. The molecular formula is C10H9NO2S. The molecule has 0 atom stereocenters. The lowest BCUT2D eigenvalue weighted by molar-refractivity contribution is 0.174. The predicted octanol–water partition coefficient (Wildman–Crippen LogP) is 1.71. The molecule has 72 valence electrons. The fraction of sp³-hybridized carbons (Fsp3) is 0.100. The van der Waals surface area contributed by atoms with Gasteiger partial charge >= 0.3 is 0 Å². The summed E-state index contributed by atoms with van der Waals surface area (Å²) in [6.07, 6.45) is 3.51. The van der Waals surface area contributed by atoms with Crippen LogP contribution in [-0.4, -0.2) is 11.8 Å². The average Bonchev–Trinajstić information content (AvgIpc) is 2.61. The molecule has 0 aromatic heterocycles. The normalized spacial score (nSPS) is 13.4. The summed E-state index contributed by atoms with van der Waals surface area (Å²) in [4.78, 5) is 0.364. The zero-order valence-corrected chi connectivity index (χ0v) is 8.21. The van der Waals surface area contributed by atoms with Gasteiger partial charge in [-0.3, -0.25) is 0 Å². The molecule has 0 fully saturated rings. The van der Waals surface area contributed by atoms with Crippen LogP contribution in [0.1, 0.15) is 5.56 Å². The third-order valence-electron chi connectivity index (χ3n) is 1.84. The first kappa shape index (κ1) is 9.02. The van der Waals surface area contributed by atoms with Crippen LogP contribution in [0.5, 0.6) is 11.5 Å². The molecule has 2 rings (SSSR count). The van der Waals surface area contributed by atoms with Crippen LogP contribution in [0.15, 0.2) is 24.3 Å². The second-order valence-corrected chi connectivity index (χ2v) is 3.32. The van der Waals surface area contributed by atoms with E-state index >= 15 is 0 Å². The average molecular weight is 207 g/mol. The molecule has 1 aliphatic heterocycles. The summed E-state index contributed by atoms with van der Waals surface area (Å²) in [5.74, 6) is 1.53. The first-order valence-corrected chi connectivity index (χ1v) is 4.54. The van der Waals surface area contributed by atoms with E-state index < -0.39 is 0 Å². The predicted molar refractivity (Wildman–Crippen MR) is 58.4 cm³/mol. The summed E-state index contributed by atoms with van der Waals surface area (Å²) in [5.41, 5.74) is 6.33. The van der Waals surface area contributed by atoms with Crippen molar-refractivity contribution in [3.05, 3.63) is 29.8 Å². The van der Waals surface area contributed by atoms with Gasteiger partial charge in [0.25, 0.3) is 0 Å². The van der Waals surface area contributed by atoms with E-state index in [1.165, 1.54) is 0 Å². The van der Waals surface area contributed by atoms with Gasteiger partial charge in [-0.15, -0.1) is 0 Å². The highest BCUT2D eigenvalue weighted by molar-refractivity contribution is 7.80. The summed E-state index contributed by atoms with van der Waals surface area (Å²) in [5, 5.41) is 0. The Hall–Kier alpha value is -1.55. The van der Waals surface area contributed by atoms with E-state index in [2.05, 4.69) is 0 Å². The van der Waals surface area contributed by atoms with E-state index in [4.69, 9.17) is 27.4 Å². The van der Waals surface area contributed by atoms with Crippen LogP contribution >= 0.6 is 12.2 Å². The molecule has 2 N–H and O–H groups in total. The Morgan fingerprint density at radius 2 is 2.14 bits per heavy atom. The molecule has 0 saturated carbocycles. The largest absolute Gasteiger partial charge is 0.454 e. The number of hydrogen-bond acceptors (Lipinski definition) is 3. The number of thiocarbonyl (C=S) groups is 1. The van der Waals surface area contributed by atoms with Crippen molar-refractivity contribution in [2.45, 2.75) is 0 Å². The highest BCUT2D eigenvalue weighted by Gasteiger charge is 2.11. The minimum atomic E-state index is 0.289. The van der Waals surface area contributed by atoms with Gasteiger partial charge in [-0.05, 0) is 23.8 Å². The van der Waals surface area contributed by atoms with Gasteiger partial charge < -0.3 is 15.2 Å². The SMILES string of the molecule is NC(=S)/C=C/c1ccc2c(c1)OCO2. The summed E-state index contributed by atoms with van der Waals surface area (Å²) >= 11 is 4.73. The third kappa shape index (κ3) is 1.85. The molecule has 1 aromatic rings. The second-order valence-electron chi connectivity index (χ2n) is 2.85. The minimum absolute atomic E-state index is 0.289. The lowest BCUT2D eigenvalue weighted by Crippen LogP contribution is -2.01. The van der Waals surface area contributed by atoms with E-state index in [9.17, 15) is 0 Å². The molecule has 0 unspecified atom stereocenters. The molecule has 0 aliphatic carbocycles. The standard InChI is InChI=1S/C10H9NO2S/c11-10(14)4-2-7-1-3-8-9(5-7)13-6-12-8/h1-5H,6H2,(H2,11,14)/b4-2+. The van der Waals surface area contributed by atoms with Crippen LogP contribution in [0.25, 0.3) is 6.08 Å². The lowest BCUT2D eigenvalue weighted by atomic mass is 10.2. The first-order valence-electron chi connectivity index (χ1n) is 4.13. The molecule has 3 nitrogen and oxygen atoms in total. The van der Waals surface area contributed by atoms with E-state index in [-0.39, 0.29) is 6.79 Å². The number of fused-ring (bicyclic) bond motifs is 1. The third-order valence-corrected chi connectivity index (χ3v) is 1.97. The lowest BCUT2D eigenvalue weighted by Gasteiger charge is -1.96. The van der Waals surface area contributed by atoms with Crippen LogP contribution in [0.4, 0.5) is 0 Å². The Balaban J connectivity index is 2.25. The van der Waals surface area contributed by atoms with Gasteiger partial charge in [-0.1, -0.05) is 24.4 Å². The molecule has 0 radical (unpaired) electrons. The van der Waals surface area contributed by atoms with Gasteiger partial charge in [-0.25, -0.2) is 0 Å². The van der Waals surface area contributed by atoms with Crippen molar-refractivity contribution in [3.63, 3.8) is 0 Å². The maximum absolute atomic E-state index is 5.34. The van der Waals surface area contributed by atoms with Crippen LogP contribution < -0.4 is 15.2 Å². The Bertz CT molecular complexity index is 401. The van der Waals surface area contributed by atoms with Crippen molar-refractivity contribution in [1.29, 1.82) is 0 Å². The Kier molecular flexibility index (Phi) is 2.37. The van der Waals surface area contributed by atoms with Crippen molar-refractivity contribution in [2.24, 2.45) is 5.73 Å². The molecule has 4 heteroatoms. The topological polar surface area (TPSA) is 44.5 Å². The van der Waals surface area contributed by atoms with Crippen LogP contribution in [0, 0.1) is 0 Å². The Labute approximate surface area is 87.1 Å². The van der Waals surface area contributed by atoms with Crippen molar-refractivity contribution < 1.29 is 9.47 Å². The van der Waals surface area contributed by atoms with Gasteiger partial charge in [0.1, 0.15) is 0 Å². The van der Waals surface area contributed by atoms with Gasteiger partial charge in [0, 0.05) is 0 Å². The molecule has 1 aliphatic rings. The van der Waals surface area contributed by atoms with E-state index in [1.54, 1.807) is 6.08 Å². The zero-order valence-electron chi connectivity index (χ0n) is 7.40. The summed E-state index contributed by atoms with van der Waals surface area (Å²) in [6.45, 7) is 0.289. The monoisotopic (exact) mass is 207 g/mol. The molecular weight excluding hydrogens is 198 g/mol. The smallest absolute Gasteiger partial charge is 0.231 e. The first-order chi connectivity index (χ1) is 6.75. The molecule has 0 saturated heterocycles. The zero-order chi connectivity index (χ0) is 9.97. The summed E-state index contributed by atoms with van der Waals surface area (Å²) in [6, 6.07) is 5.67. The van der Waals surface area contributed by atoms with Gasteiger partial charge in [0.2, 0.25) is 6.79 Å². The Morgan fingerprint density at radius 3 is 2.93 bits per heavy atom. The van der Waals surface area contributed by atoms with Crippen molar-refractivity contribution in [3.8, 4) is 11.5 Å². The number of hydrogen-bond donors (Lipinski definition) is 1. The Morgan fingerprint density at radius 1 is 1.36 bits per heavy atom. The number of rotatable bonds is 2. The fourth-order valence-corrected chi connectivity index (χ4v) is 1.26. The summed E-state index contributed by atoms with van der Waals surface area (Å²) in [7, 11) is 0. The highest BCUT2D eigenvalue weighted by atomic mass is 32.1. The van der Waals surface area contributed by atoms with Crippen molar-refractivity contribution in [1.82, 2.24) is 0 Å². The van der Waals surface area contributed by atoms with E-state index in [0.717, 1.165) is 17.1 Å². The van der Waals surface area contributed by atoms with E-state index in [1.807, 2.05) is 24.3 Å². The molecule has 0 bridgehead atoms. The minimum Gasteiger partial charge on any atom is -0.454 e. The van der Waals surface area contributed by atoms with Gasteiger partial charge in [0.05, 0.1) is 4.99 Å². The quantitative estimate of drug-likeness (QED) is 0.592. The molecule has 0 spiro atoms. The summed E-state index contributed by atoms with van der Waals surface area (Å²) < 4.78 is 10.4. The second kappa shape index (κ2) is 3.67. The van der Waals surface area contributed by atoms with Gasteiger partial charge in [0.15, 0.2) is 11.5 Å². The van der Waals surface area contributed by atoms with Gasteiger partial charge in [-0.2, -0.15) is 0 Å². The number of ether oxygens (including phenoxy) is 2.